The fourth-order valence-electron chi connectivity index (χ4n) is 1.17. The molecule has 6 heteroatoms. The Hall–Kier alpha value is -2.39. The number of carbonyl (C=O) groups excluding carboxylic acids is 1. The van der Waals surface area contributed by atoms with Crippen LogP contribution in [-0.2, 0) is 9.59 Å². The van der Waals surface area contributed by atoms with Crippen molar-refractivity contribution in [1.82, 2.24) is 5.32 Å². The van der Waals surface area contributed by atoms with E-state index in [1.165, 1.54) is 6.92 Å². The highest BCUT2D eigenvalue weighted by Gasteiger charge is 2.11. The molecule has 94 valence electrons. The summed E-state index contributed by atoms with van der Waals surface area (Å²) < 4.78 is 0. The predicted octanol–water partition coefficient (Wildman–Crippen LogP) is 0.559. The van der Waals surface area contributed by atoms with E-state index in [9.17, 15) is 9.59 Å². The summed E-state index contributed by atoms with van der Waals surface area (Å²) in [4.78, 5) is 22.0. The topological polar surface area (TPSA) is 102 Å². The zero-order chi connectivity index (χ0) is 13.5. The van der Waals surface area contributed by atoms with Crippen LogP contribution in [0.3, 0.4) is 0 Å². The molecule has 1 aromatic carbocycles. The van der Waals surface area contributed by atoms with Gasteiger partial charge in [0.2, 0.25) is 5.91 Å². The monoisotopic (exact) mass is 247 g/mol. The minimum Gasteiger partial charge on any atom is -0.480 e. The smallest absolute Gasteiger partial charge is 0.320 e. The first kappa shape index (κ1) is 13.7. The zero-order valence-electron chi connectivity index (χ0n) is 9.80. The largest absolute Gasteiger partial charge is 0.480 e. The highest BCUT2D eigenvalue weighted by Crippen LogP contribution is 2.08. The van der Waals surface area contributed by atoms with Crippen LogP contribution in [0.25, 0.3) is 0 Å². The van der Waals surface area contributed by atoms with Gasteiger partial charge in [0.25, 0.3) is 0 Å². The van der Waals surface area contributed by atoms with Crippen molar-refractivity contribution < 1.29 is 14.7 Å². The summed E-state index contributed by atoms with van der Waals surface area (Å²) in [7, 11) is 0. The van der Waals surface area contributed by atoms with Crippen molar-refractivity contribution in [2.24, 2.45) is 0 Å². The molecule has 3 N–H and O–H groups in total. The molecule has 0 aliphatic rings. The second kappa shape index (κ2) is 6.37. The fourth-order valence-corrected chi connectivity index (χ4v) is 1.17. The fraction of sp³-hybridized carbons (Fsp3) is 0.250. The van der Waals surface area contributed by atoms with Crippen LogP contribution in [0.2, 0.25) is 0 Å². The second-order valence-corrected chi connectivity index (χ2v) is 3.68. The molecule has 0 spiro atoms. The van der Waals surface area contributed by atoms with Gasteiger partial charge in [0, 0.05) is 5.69 Å². The first-order valence-electron chi connectivity index (χ1n) is 5.29. The van der Waals surface area contributed by atoms with Gasteiger partial charge in [-0.2, -0.15) is 5.26 Å². The molecule has 1 amide bonds. The van der Waals surface area contributed by atoms with E-state index >= 15 is 0 Å². The van der Waals surface area contributed by atoms with Crippen molar-refractivity contribution >= 4 is 17.6 Å². The number of carboxylic acid groups (broad SMARTS) is 1. The van der Waals surface area contributed by atoms with Crippen molar-refractivity contribution in [3.8, 4) is 6.07 Å². The standard InChI is InChI=1S/C12H13N3O3/c1-8(12(17)18)14-7-11(16)15-10-4-2-9(6-13)3-5-10/h2-5,8,14H,7H2,1H3,(H,15,16)(H,17,18)/t8-/m0/s1. The number of carboxylic acids is 1. The number of nitriles is 1. The number of anilines is 1. The zero-order valence-corrected chi connectivity index (χ0v) is 9.80. The molecule has 1 atom stereocenters. The molecule has 6 nitrogen and oxygen atoms in total. The maximum atomic E-state index is 11.5. The summed E-state index contributed by atoms with van der Waals surface area (Å²) >= 11 is 0. The van der Waals surface area contributed by atoms with E-state index in [0.717, 1.165) is 0 Å². The van der Waals surface area contributed by atoms with Crippen molar-refractivity contribution in [1.29, 1.82) is 5.26 Å². The summed E-state index contributed by atoms with van der Waals surface area (Å²) in [6.45, 7) is 1.37. The van der Waals surface area contributed by atoms with Gasteiger partial charge in [0.15, 0.2) is 0 Å². The Bertz CT molecular complexity index is 476. The maximum Gasteiger partial charge on any atom is 0.320 e. The van der Waals surface area contributed by atoms with Crippen molar-refractivity contribution in [2.75, 3.05) is 11.9 Å². The van der Waals surface area contributed by atoms with Gasteiger partial charge in [-0.25, -0.2) is 0 Å². The van der Waals surface area contributed by atoms with Crippen LogP contribution in [0.1, 0.15) is 12.5 Å². The minimum atomic E-state index is -1.01. The molecular formula is C12H13N3O3. The lowest BCUT2D eigenvalue weighted by molar-refractivity contribution is -0.139. The summed E-state index contributed by atoms with van der Waals surface area (Å²) in [5.41, 5.74) is 1.06. The lowest BCUT2D eigenvalue weighted by Crippen LogP contribution is -2.39. The third kappa shape index (κ3) is 4.23. The average Bonchev–Trinajstić information content (AvgIpc) is 2.36. The number of hydrogen-bond acceptors (Lipinski definition) is 4. The number of nitrogens with one attached hydrogen (secondary N) is 2. The van der Waals surface area contributed by atoms with Gasteiger partial charge in [-0.3, -0.25) is 14.9 Å². The Labute approximate surface area is 104 Å². The van der Waals surface area contributed by atoms with Gasteiger partial charge in [0.05, 0.1) is 18.2 Å². The Balaban J connectivity index is 2.45. The average molecular weight is 247 g/mol. The van der Waals surface area contributed by atoms with Gasteiger partial charge in [0.1, 0.15) is 6.04 Å². The highest BCUT2D eigenvalue weighted by molar-refractivity contribution is 5.92. The normalized spacial score (nSPS) is 11.3. The quantitative estimate of drug-likeness (QED) is 0.705. The van der Waals surface area contributed by atoms with Gasteiger partial charge in [-0.1, -0.05) is 0 Å². The summed E-state index contributed by atoms with van der Waals surface area (Å²) in [6, 6.07) is 7.58. The number of carbonyl (C=O) groups is 2. The summed E-state index contributed by atoms with van der Waals surface area (Å²) in [5, 5.41) is 22.4. The van der Waals surface area contributed by atoms with Crippen LogP contribution < -0.4 is 10.6 Å². The molecule has 0 saturated carbocycles. The molecule has 18 heavy (non-hydrogen) atoms. The summed E-state index contributed by atoms with van der Waals surface area (Å²) in [5.74, 6) is -1.35. The molecule has 0 aromatic heterocycles. The molecule has 0 aliphatic heterocycles. The Kier molecular flexibility index (Phi) is 4.84. The maximum absolute atomic E-state index is 11.5. The first-order valence-corrected chi connectivity index (χ1v) is 5.29. The third-order valence-corrected chi connectivity index (χ3v) is 2.24. The molecular weight excluding hydrogens is 234 g/mol. The van der Waals surface area contributed by atoms with E-state index in [1.807, 2.05) is 6.07 Å². The Morgan fingerprint density at radius 1 is 1.39 bits per heavy atom. The van der Waals surface area contributed by atoms with E-state index in [2.05, 4.69) is 10.6 Å². The summed E-state index contributed by atoms with van der Waals surface area (Å²) in [6.07, 6.45) is 0. The van der Waals surface area contributed by atoms with Crippen LogP contribution in [0.15, 0.2) is 24.3 Å². The second-order valence-electron chi connectivity index (χ2n) is 3.68. The molecule has 0 unspecified atom stereocenters. The van der Waals surface area contributed by atoms with E-state index < -0.39 is 12.0 Å². The van der Waals surface area contributed by atoms with Crippen molar-refractivity contribution in [2.45, 2.75) is 13.0 Å². The van der Waals surface area contributed by atoms with Gasteiger partial charge in [-0.05, 0) is 31.2 Å². The molecule has 0 aliphatic carbocycles. The molecule has 1 rings (SSSR count). The third-order valence-electron chi connectivity index (χ3n) is 2.24. The van der Waals surface area contributed by atoms with Gasteiger partial charge < -0.3 is 10.4 Å². The van der Waals surface area contributed by atoms with E-state index in [-0.39, 0.29) is 12.5 Å². The molecule has 0 saturated heterocycles. The van der Waals surface area contributed by atoms with Crippen LogP contribution in [0, 0.1) is 11.3 Å². The molecule has 0 bridgehead atoms. The van der Waals surface area contributed by atoms with Gasteiger partial charge in [-0.15, -0.1) is 0 Å². The number of benzene rings is 1. The molecule has 0 radical (unpaired) electrons. The van der Waals surface area contributed by atoms with Gasteiger partial charge >= 0.3 is 5.97 Å². The minimum absolute atomic E-state index is 0.0898. The Morgan fingerprint density at radius 2 is 2.00 bits per heavy atom. The molecule has 1 aromatic rings. The lowest BCUT2D eigenvalue weighted by atomic mass is 10.2. The number of amides is 1. The number of aliphatic carboxylic acids is 1. The predicted molar refractivity (Wildman–Crippen MR) is 64.9 cm³/mol. The van der Waals surface area contributed by atoms with Crippen LogP contribution in [0.4, 0.5) is 5.69 Å². The Morgan fingerprint density at radius 3 is 2.50 bits per heavy atom. The van der Waals surface area contributed by atoms with Crippen LogP contribution in [0.5, 0.6) is 0 Å². The van der Waals surface area contributed by atoms with Crippen molar-refractivity contribution in [3.63, 3.8) is 0 Å². The molecule has 0 heterocycles. The van der Waals surface area contributed by atoms with Crippen LogP contribution in [-0.4, -0.2) is 29.6 Å². The number of nitrogens with zero attached hydrogens (tertiary/aromatic N) is 1. The SMILES string of the molecule is C[C@H](NCC(=O)Nc1ccc(C#N)cc1)C(=O)O. The van der Waals surface area contributed by atoms with E-state index in [1.54, 1.807) is 24.3 Å². The lowest BCUT2D eigenvalue weighted by Gasteiger charge is -2.09. The van der Waals surface area contributed by atoms with Crippen molar-refractivity contribution in [3.05, 3.63) is 29.8 Å². The van der Waals surface area contributed by atoms with E-state index in [4.69, 9.17) is 10.4 Å². The van der Waals surface area contributed by atoms with E-state index in [0.29, 0.717) is 11.3 Å². The first-order chi connectivity index (χ1) is 8.52. The number of rotatable bonds is 5. The van der Waals surface area contributed by atoms with Crippen LogP contribution >= 0.6 is 0 Å². The number of hydrogen-bond donors (Lipinski definition) is 3. The highest BCUT2D eigenvalue weighted by atomic mass is 16.4. The molecule has 0 fully saturated rings.